The van der Waals surface area contributed by atoms with Crippen molar-refractivity contribution in [2.45, 2.75) is 31.8 Å². The molecule has 0 spiro atoms. The zero-order chi connectivity index (χ0) is 18.5. The summed E-state index contributed by atoms with van der Waals surface area (Å²) in [5, 5.41) is 4.20. The van der Waals surface area contributed by atoms with Crippen molar-refractivity contribution in [3.63, 3.8) is 0 Å². The number of pyridine rings is 1. The molecule has 0 atom stereocenters. The maximum Gasteiger partial charge on any atom is 0.137 e. The fourth-order valence-corrected chi connectivity index (χ4v) is 3.86. The number of nitrogens with zero attached hydrogens (tertiary/aromatic N) is 5. The number of hydrogen-bond donors (Lipinski definition) is 0. The quantitative estimate of drug-likeness (QED) is 0.673. The first kappa shape index (κ1) is 17.7. The summed E-state index contributed by atoms with van der Waals surface area (Å²) in [4.78, 5) is 10.7. The molecular weight excluding hydrogens is 338 g/mol. The van der Waals surface area contributed by atoms with Crippen LogP contribution >= 0.6 is 0 Å². The third-order valence-corrected chi connectivity index (χ3v) is 5.32. The Balaban J connectivity index is 1.39. The fraction of sp³-hybridized carbons (Fsp3) is 0.381. The van der Waals surface area contributed by atoms with E-state index in [-0.39, 0.29) is 0 Å². The zero-order valence-electron chi connectivity index (χ0n) is 15.7. The number of methoxy groups -OCH3 is 1. The highest BCUT2D eigenvalue weighted by Gasteiger charge is 2.20. The molecule has 2 aromatic heterocycles. The molecule has 0 N–H and O–H groups in total. The lowest BCUT2D eigenvalue weighted by atomic mass is 9.90. The number of piperidine rings is 1. The molecule has 0 unspecified atom stereocenters. The molecule has 1 aromatic carbocycles. The number of hydrogen-bond acceptors (Lipinski definition) is 5. The Morgan fingerprint density at radius 2 is 1.85 bits per heavy atom. The third-order valence-electron chi connectivity index (χ3n) is 5.32. The third kappa shape index (κ3) is 4.34. The maximum absolute atomic E-state index is 5.52. The van der Waals surface area contributed by atoms with Crippen molar-refractivity contribution in [2.75, 3.05) is 20.2 Å². The number of ether oxygens (including phenoxy) is 1. The lowest BCUT2D eigenvalue weighted by Gasteiger charge is -2.32. The minimum atomic E-state index is 0.656. The Hall–Kier alpha value is -2.73. The molecule has 1 aliphatic heterocycles. The predicted octanol–water partition coefficient (Wildman–Crippen LogP) is 3.11. The van der Waals surface area contributed by atoms with E-state index in [1.807, 2.05) is 17.1 Å². The van der Waals surface area contributed by atoms with Crippen LogP contribution < -0.4 is 4.74 Å². The van der Waals surface area contributed by atoms with E-state index in [0.29, 0.717) is 12.5 Å². The highest BCUT2D eigenvalue weighted by Crippen LogP contribution is 2.29. The van der Waals surface area contributed by atoms with Gasteiger partial charge in [0, 0.05) is 24.5 Å². The van der Waals surface area contributed by atoms with E-state index in [1.165, 1.54) is 24.0 Å². The lowest BCUT2D eigenvalue weighted by molar-refractivity contribution is 0.204. The molecule has 140 valence electrons. The van der Waals surface area contributed by atoms with Crippen LogP contribution in [0.5, 0.6) is 5.75 Å². The van der Waals surface area contributed by atoms with E-state index in [9.17, 15) is 0 Å². The molecule has 27 heavy (non-hydrogen) atoms. The molecule has 0 aliphatic carbocycles. The summed E-state index contributed by atoms with van der Waals surface area (Å²) in [6, 6.07) is 10.8. The molecule has 0 radical (unpaired) electrons. The van der Waals surface area contributed by atoms with Gasteiger partial charge in [-0.3, -0.25) is 9.88 Å². The van der Waals surface area contributed by atoms with Crippen molar-refractivity contribution in [3.05, 3.63) is 72.1 Å². The van der Waals surface area contributed by atoms with E-state index < -0.39 is 0 Å². The molecule has 3 aromatic rings. The summed E-state index contributed by atoms with van der Waals surface area (Å²) in [5.41, 5.74) is 3.87. The minimum Gasteiger partial charge on any atom is -0.496 e. The van der Waals surface area contributed by atoms with Gasteiger partial charge in [-0.2, -0.15) is 5.10 Å². The maximum atomic E-state index is 5.52. The first-order valence-corrected chi connectivity index (χ1v) is 9.42. The van der Waals surface area contributed by atoms with Gasteiger partial charge in [-0.25, -0.2) is 9.67 Å². The van der Waals surface area contributed by atoms with Gasteiger partial charge < -0.3 is 4.74 Å². The molecule has 1 fully saturated rings. The average molecular weight is 363 g/mol. The van der Waals surface area contributed by atoms with Gasteiger partial charge in [0.15, 0.2) is 0 Å². The van der Waals surface area contributed by atoms with E-state index in [4.69, 9.17) is 4.74 Å². The van der Waals surface area contributed by atoms with E-state index >= 15 is 0 Å². The smallest absolute Gasteiger partial charge is 0.137 e. The molecule has 0 saturated carbocycles. The highest BCUT2D eigenvalue weighted by molar-refractivity contribution is 5.37. The predicted molar refractivity (Wildman–Crippen MR) is 104 cm³/mol. The molecule has 6 heteroatoms. The molecular formula is C21H25N5O. The van der Waals surface area contributed by atoms with Crippen LogP contribution in [-0.4, -0.2) is 44.8 Å². The van der Waals surface area contributed by atoms with E-state index in [2.05, 4.69) is 50.3 Å². The summed E-state index contributed by atoms with van der Waals surface area (Å²) in [6.07, 6.45) is 9.49. The number of aromatic nitrogens is 4. The van der Waals surface area contributed by atoms with Crippen LogP contribution in [0.15, 0.2) is 55.4 Å². The second-order valence-corrected chi connectivity index (χ2v) is 7.07. The van der Waals surface area contributed by atoms with Crippen LogP contribution in [0.2, 0.25) is 0 Å². The van der Waals surface area contributed by atoms with Crippen LogP contribution in [0.4, 0.5) is 0 Å². The molecule has 3 heterocycles. The van der Waals surface area contributed by atoms with Crippen LogP contribution in [0.25, 0.3) is 0 Å². The Morgan fingerprint density at radius 1 is 1.04 bits per heavy atom. The fourth-order valence-electron chi connectivity index (χ4n) is 3.86. The standard InChI is InChI=1S/C21H25N5O/c1-27-21-3-2-17(12-20(21)14-26-16-23-15-24-26)13-25-10-6-19(7-11-25)18-4-8-22-9-5-18/h2-5,8-9,12,15-16,19H,6-7,10-11,13-14H2,1H3. The van der Waals surface area contributed by atoms with Crippen molar-refractivity contribution >= 4 is 0 Å². The van der Waals surface area contributed by atoms with Crippen molar-refractivity contribution in [1.82, 2.24) is 24.6 Å². The van der Waals surface area contributed by atoms with Gasteiger partial charge in [0.05, 0.1) is 13.7 Å². The lowest BCUT2D eigenvalue weighted by Crippen LogP contribution is -2.32. The topological polar surface area (TPSA) is 56.1 Å². The van der Waals surface area contributed by atoms with Crippen LogP contribution in [0.1, 0.15) is 35.4 Å². The number of likely N-dealkylation sites (tertiary alicyclic amines) is 1. The van der Waals surface area contributed by atoms with Gasteiger partial charge in [0.25, 0.3) is 0 Å². The van der Waals surface area contributed by atoms with Gasteiger partial charge in [-0.05, 0) is 67.2 Å². The minimum absolute atomic E-state index is 0.656. The van der Waals surface area contributed by atoms with Gasteiger partial charge in [-0.1, -0.05) is 6.07 Å². The second-order valence-electron chi connectivity index (χ2n) is 7.07. The summed E-state index contributed by atoms with van der Waals surface area (Å²) >= 11 is 0. The Bertz CT molecular complexity index is 842. The molecule has 4 rings (SSSR count). The second kappa shape index (κ2) is 8.31. The van der Waals surface area contributed by atoms with E-state index in [0.717, 1.165) is 30.9 Å². The molecule has 1 aliphatic rings. The van der Waals surface area contributed by atoms with E-state index in [1.54, 1.807) is 19.8 Å². The summed E-state index contributed by atoms with van der Waals surface area (Å²) in [6.45, 7) is 3.88. The Morgan fingerprint density at radius 3 is 2.56 bits per heavy atom. The summed E-state index contributed by atoms with van der Waals surface area (Å²) < 4.78 is 7.34. The van der Waals surface area contributed by atoms with Crippen LogP contribution in [0.3, 0.4) is 0 Å². The molecule has 0 amide bonds. The Kier molecular flexibility index (Phi) is 5.44. The van der Waals surface area contributed by atoms with Crippen molar-refractivity contribution in [2.24, 2.45) is 0 Å². The largest absolute Gasteiger partial charge is 0.496 e. The van der Waals surface area contributed by atoms with Crippen molar-refractivity contribution in [3.8, 4) is 5.75 Å². The molecule has 1 saturated heterocycles. The molecule has 6 nitrogen and oxygen atoms in total. The summed E-state index contributed by atoms with van der Waals surface area (Å²) in [5.74, 6) is 1.55. The van der Waals surface area contributed by atoms with Gasteiger partial charge in [-0.15, -0.1) is 0 Å². The molecule has 0 bridgehead atoms. The van der Waals surface area contributed by atoms with Crippen molar-refractivity contribution in [1.29, 1.82) is 0 Å². The monoisotopic (exact) mass is 363 g/mol. The number of rotatable bonds is 6. The van der Waals surface area contributed by atoms with Gasteiger partial charge in [0.2, 0.25) is 0 Å². The highest BCUT2D eigenvalue weighted by atomic mass is 16.5. The van der Waals surface area contributed by atoms with Gasteiger partial charge in [0.1, 0.15) is 18.4 Å². The zero-order valence-corrected chi connectivity index (χ0v) is 15.7. The summed E-state index contributed by atoms with van der Waals surface area (Å²) in [7, 11) is 1.71. The van der Waals surface area contributed by atoms with Crippen LogP contribution in [-0.2, 0) is 13.1 Å². The Labute approximate surface area is 159 Å². The number of benzene rings is 1. The van der Waals surface area contributed by atoms with Crippen molar-refractivity contribution < 1.29 is 4.74 Å². The van der Waals surface area contributed by atoms with Gasteiger partial charge >= 0.3 is 0 Å². The average Bonchev–Trinajstić information content (AvgIpc) is 3.23. The SMILES string of the molecule is COc1ccc(CN2CCC(c3ccncc3)CC2)cc1Cn1cncn1. The van der Waals surface area contributed by atoms with Crippen LogP contribution in [0, 0.1) is 0 Å². The first-order valence-electron chi connectivity index (χ1n) is 9.42. The first-order chi connectivity index (χ1) is 13.3. The normalized spacial score (nSPS) is 15.7.